The van der Waals surface area contributed by atoms with E-state index in [2.05, 4.69) is 34.5 Å². The summed E-state index contributed by atoms with van der Waals surface area (Å²) < 4.78 is 40.3. The lowest BCUT2D eigenvalue weighted by Gasteiger charge is -2.13. The lowest BCUT2D eigenvalue weighted by Crippen LogP contribution is -2.14. The smallest absolute Gasteiger partial charge is 0.343 e. The van der Waals surface area contributed by atoms with Gasteiger partial charge in [0.05, 0.1) is 42.5 Å². The van der Waals surface area contributed by atoms with Crippen molar-refractivity contribution in [2.75, 3.05) is 18.9 Å². The first-order valence-electron chi connectivity index (χ1n) is 19.1. The molecule has 65 heavy (non-hydrogen) atoms. The first-order chi connectivity index (χ1) is 31.2. The highest BCUT2D eigenvalue weighted by molar-refractivity contribution is 6.02. The first-order valence-corrected chi connectivity index (χ1v) is 19.1. The van der Waals surface area contributed by atoms with E-state index in [1.807, 2.05) is 0 Å². The Bertz CT molecular complexity index is 2740. The van der Waals surface area contributed by atoms with Crippen LogP contribution in [0.4, 0.5) is 5.69 Å². The standard InChI is InChI=1S/C47H37NO17/c1-4-39(49)48-37-25-36(64-46(56)32-9-7-30-23-34(13-11-28(30)21-32)62-44(54)19-17-42(52)60-26-58-40(50)5-2)15-16-38(37)65-47(57)33-10-8-31-24-35(14-12-29(31)22-33)63-45(55)20-18-43(53)61-27-59-41(51)6-3/h4-16,21-25H,1-3,17-20,26-27H2,(H,48,49). The second kappa shape index (κ2) is 22.8. The van der Waals surface area contributed by atoms with Crippen molar-refractivity contribution in [2.24, 2.45) is 0 Å². The molecule has 1 N–H and O–H groups in total. The maximum Gasteiger partial charge on any atom is 0.343 e. The number of ether oxygens (including phenoxy) is 8. The normalized spacial score (nSPS) is 10.3. The van der Waals surface area contributed by atoms with Crippen LogP contribution >= 0.6 is 0 Å². The molecule has 332 valence electrons. The van der Waals surface area contributed by atoms with Crippen LogP contribution < -0.4 is 24.3 Å². The summed E-state index contributed by atoms with van der Waals surface area (Å²) in [4.78, 5) is 109. The van der Waals surface area contributed by atoms with Crippen LogP contribution in [-0.4, -0.2) is 67.2 Å². The zero-order valence-corrected chi connectivity index (χ0v) is 34.2. The molecule has 5 rings (SSSR count). The highest BCUT2D eigenvalue weighted by Gasteiger charge is 2.18. The number of esters is 8. The predicted molar refractivity (Wildman–Crippen MR) is 227 cm³/mol. The number of carbonyl (C=O) groups excluding carboxylic acids is 9. The van der Waals surface area contributed by atoms with Gasteiger partial charge in [-0.1, -0.05) is 44.0 Å². The van der Waals surface area contributed by atoms with Gasteiger partial charge in [0.1, 0.15) is 17.2 Å². The van der Waals surface area contributed by atoms with Crippen LogP contribution in [-0.2, 0) is 52.5 Å². The Kier molecular flexibility index (Phi) is 16.5. The summed E-state index contributed by atoms with van der Waals surface area (Å²) in [6, 6.07) is 22.5. The Balaban J connectivity index is 1.17. The zero-order chi connectivity index (χ0) is 46.9. The molecule has 0 atom stereocenters. The van der Waals surface area contributed by atoms with Gasteiger partial charge in [0.15, 0.2) is 5.75 Å². The molecule has 0 aromatic heterocycles. The molecule has 0 fully saturated rings. The third-order valence-electron chi connectivity index (χ3n) is 8.61. The molecule has 0 saturated carbocycles. The molecule has 0 aliphatic rings. The average Bonchev–Trinajstić information content (AvgIpc) is 3.30. The van der Waals surface area contributed by atoms with Gasteiger partial charge in [-0.3, -0.25) is 24.0 Å². The van der Waals surface area contributed by atoms with Crippen LogP contribution in [0.25, 0.3) is 21.5 Å². The van der Waals surface area contributed by atoms with Crippen molar-refractivity contribution in [1.29, 1.82) is 0 Å². The average molecular weight is 888 g/mol. The van der Waals surface area contributed by atoms with Crippen molar-refractivity contribution in [2.45, 2.75) is 25.7 Å². The second-order valence-electron chi connectivity index (χ2n) is 13.1. The monoisotopic (exact) mass is 887 g/mol. The van der Waals surface area contributed by atoms with Gasteiger partial charge in [-0.05, 0) is 88.3 Å². The quantitative estimate of drug-likeness (QED) is 0.0385. The third-order valence-corrected chi connectivity index (χ3v) is 8.61. The predicted octanol–water partition coefficient (Wildman–Crippen LogP) is 6.39. The van der Waals surface area contributed by atoms with Gasteiger partial charge in [-0.2, -0.15) is 0 Å². The molecule has 1 amide bonds. The minimum atomic E-state index is -0.799. The minimum Gasteiger partial charge on any atom is -0.428 e. The number of fused-ring (bicyclic) bond motifs is 2. The van der Waals surface area contributed by atoms with Gasteiger partial charge >= 0.3 is 47.8 Å². The fraction of sp³-hybridized carbons (Fsp3) is 0.128. The summed E-state index contributed by atoms with van der Waals surface area (Å²) in [6.45, 7) is 8.64. The molecule has 0 saturated heterocycles. The van der Waals surface area contributed by atoms with Crippen molar-refractivity contribution in [3.8, 4) is 23.0 Å². The first kappa shape index (κ1) is 47.1. The van der Waals surface area contributed by atoms with Gasteiger partial charge in [0.25, 0.3) is 0 Å². The highest BCUT2D eigenvalue weighted by atomic mass is 16.7. The minimum absolute atomic E-state index is 0.00753. The topological polar surface area (TPSA) is 239 Å². The molecule has 18 heteroatoms. The van der Waals surface area contributed by atoms with E-state index in [1.165, 1.54) is 48.5 Å². The van der Waals surface area contributed by atoms with E-state index in [-0.39, 0.29) is 65.5 Å². The number of benzene rings is 5. The molecule has 0 spiro atoms. The highest BCUT2D eigenvalue weighted by Crippen LogP contribution is 2.32. The molecular formula is C47H37NO17. The molecular weight excluding hydrogens is 851 g/mol. The van der Waals surface area contributed by atoms with Crippen molar-refractivity contribution >= 4 is 80.9 Å². The number of anilines is 1. The molecule has 0 aliphatic carbocycles. The number of nitrogens with one attached hydrogen (secondary N) is 1. The largest absolute Gasteiger partial charge is 0.428 e. The van der Waals surface area contributed by atoms with E-state index in [0.717, 1.165) is 18.2 Å². The molecule has 5 aromatic rings. The van der Waals surface area contributed by atoms with Crippen molar-refractivity contribution in [1.82, 2.24) is 0 Å². The van der Waals surface area contributed by atoms with Crippen LogP contribution in [0.3, 0.4) is 0 Å². The van der Waals surface area contributed by atoms with Crippen molar-refractivity contribution < 1.29 is 81.0 Å². The molecule has 18 nitrogen and oxygen atoms in total. The molecule has 0 heterocycles. The number of rotatable bonds is 20. The zero-order valence-electron chi connectivity index (χ0n) is 34.2. The van der Waals surface area contributed by atoms with E-state index in [9.17, 15) is 43.2 Å². The van der Waals surface area contributed by atoms with Gasteiger partial charge < -0.3 is 43.2 Å². The van der Waals surface area contributed by atoms with Crippen LogP contribution in [0.5, 0.6) is 23.0 Å². The lowest BCUT2D eigenvalue weighted by molar-refractivity contribution is -0.166. The van der Waals surface area contributed by atoms with E-state index in [4.69, 9.17) is 28.4 Å². The van der Waals surface area contributed by atoms with E-state index in [1.54, 1.807) is 42.5 Å². The fourth-order valence-corrected chi connectivity index (χ4v) is 5.44. The molecule has 0 aliphatic heterocycles. The Hall–Kier alpha value is -8.93. The van der Waals surface area contributed by atoms with Crippen LogP contribution in [0, 0.1) is 0 Å². The number of hydrogen-bond acceptors (Lipinski definition) is 17. The molecule has 0 unspecified atom stereocenters. The molecule has 0 bridgehead atoms. The SMILES string of the molecule is C=CC(=O)Nc1cc(OC(=O)c2ccc3cc(OC(=O)CCC(=O)OCOC(=O)C=C)ccc3c2)ccc1OC(=O)c1ccc2cc(OC(=O)CCC(=O)OCOC(=O)C=C)ccc2c1. The summed E-state index contributed by atoms with van der Waals surface area (Å²) in [5, 5.41) is 4.91. The van der Waals surface area contributed by atoms with Gasteiger partial charge in [-0.25, -0.2) is 19.2 Å². The molecule has 5 aromatic carbocycles. The van der Waals surface area contributed by atoms with Crippen molar-refractivity contribution in [3.05, 3.63) is 140 Å². The van der Waals surface area contributed by atoms with Gasteiger partial charge in [0.2, 0.25) is 19.5 Å². The Morgan fingerprint density at radius 1 is 0.431 bits per heavy atom. The number of amides is 1. The number of carbonyl (C=O) groups is 9. The Labute approximate surface area is 368 Å². The lowest BCUT2D eigenvalue weighted by atomic mass is 10.1. The third kappa shape index (κ3) is 14.3. The van der Waals surface area contributed by atoms with E-state index in [0.29, 0.717) is 21.5 Å². The summed E-state index contributed by atoms with van der Waals surface area (Å²) in [6.07, 6.45) is 1.56. The van der Waals surface area contributed by atoms with Crippen LogP contribution in [0.2, 0.25) is 0 Å². The van der Waals surface area contributed by atoms with Crippen LogP contribution in [0.1, 0.15) is 46.4 Å². The maximum absolute atomic E-state index is 13.3. The van der Waals surface area contributed by atoms with Gasteiger partial charge in [0, 0.05) is 18.2 Å². The Morgan fingerprint density at radius 2 is 0.846 bits per heavy atom. The van der Waals surface area contributed by atoms with Crippen molar-refractivity contribution in [3.63, 3.8) is 0 Å². The van der Waals surface area contributed by atoms with Gasteiger partial charge in [-0.15, -0.1) is 0 Å². The summed E-state index contributed by atoms with van der Waals surface area (Å²) in [7, 11) is 0. The summed E-state index contributed by atoms with van der Waals surface area (Å²) >= 11 is 0. The second-order valence-corrected chi connectivity index (χ2v) is 13.1. The Morgan fingerprint density at radius 3 is 1.32 bits per heavy atom. The molecule has 0 radical (unpaired) electrons. The van der Waals surface area contributed by atoms with E-state index >= 15 is 0 Å². The maximum atomic E-state index is 13.3. The van der Waals surface area contributed by atoms with Crippen LogP contribution in [0.15, 0.2) is 129 Å². The number of hydrogen-bond donors (Lipinski definition) is 1. The van der Waals surface area contributed by atoms with E-state index < -0.39 is 67.2 Å². The summed E-state index contributed by atoms with van der Waals surface area (Å²) in [5.41, 5.74) is 0.260. The fourth-order valence-electron chi connectivity index (χ4n) is 5.44. The summed E-state index contributed by atoms with van der Waals surface area (Å²) in [5.74, 6) is -6.48.